The predicted octanol–water partition coefficient (Wildman–Crippen LogP) is 2.82. The van der Waals surface area contributed by atoms with E-state index in [2.05, 4.69) is 10.0 Å². The molecule has 1 aromatic carbocycles. The summed E-state index contributed by atoms with van der Waals surface area (Å²) >= 11 is 0.717. The Kier molecular flexibility index (Phi) is 6.33. The van der Waals surface area contributed by atoms with E-state index in [0.717, 1.165) is 23.6 Å². The van der Waals surface area contributed by atoms with Crippen LogP contribution in [0.25, 0.3) is 0 Å². The van der Waals surface area contributed by atoms with Crippen LogP contribution in [0.4, 0.5) is 24.5 Å². The summed E-state index contributed by atoms with van der Waals surface area (Å²) in [6, 6.07) is 5.83. The molecule has 1 heterocycles. The first-order chi connectivity index (χ1) is 12.8. The summed E-state index contributed by atoms with van der Waals surface area (Å²) in [5, 5.41) is 24.1. The minimum absolute atomic E-state index is 0.0595. The smallest absolute Gasteiger partial charge is 0.384 e. The van der Waals surface area contributed by atoms with Crippen molar-refractivity contribution in [3.05, 3.63) is 51.4 Å². The number of sulfonamides is 1. The molecule has 0 radical (unpaired) electrons. The van der Waals surface area contributed by atoms with E-state index in [1.807, 2.05) is 0 Å². The number of hydrogen-bond acceptors (Lipinski definition) is 7. The minimum Gasteiger partial charge on any atom is -0.384 e. The molecule has 8 nitrogen and oxygen atoms in total. The number of rotatable bonds is 8. The van der Waals surface area contributed by atoms with Crippen molar-refractivity contribution in [2.24, 2.45) is 0 Å². The Morgan fingerprint density at radius 1 is 1.21 bits per heavy atom. The Labute approximate surface area is 162 Å². The van der Waals surface area contributed by atoms with E-state index in [4.69, 9.17) is 0 Å². The van der Waals surface area contributed by atoms with Gasteiger partial charge in [-0.05, 0) is 24.6 Å². The summed E-state index contributed by atoms with van der Waals surface area (Å²) in [6.07, 6.45) is -4.82. The molecular weight excluding hydrogens is 423 g/mol. The fraction of sp³-hybridized carbons (Fsp3) is 0.333. The van der Waals surface area contributed by atoms with Crippen LogP contribution in [0.5, 0.6) is 0 Å². The van der Waals surface area contributed by atoms with Gasteiger partial charge in [0.05, 0.1) is 10.3 Å². The normalized spacial score (nSPS) is 14.5. The number of halogens is 3. The molecule has 0 aliphatic carbocycles. The van der Waals surface area contributed by atoms with E-state index < -0.39 is 26.7 Å². The first kappa shape index (κ1) is 22.1. The topological polar surface area (TPSA) is 122 Å². The van der Waals surface area contributed by atoms with Crippen molar-refractivity contribution in [3.63, 3.8) is 0 Å². The number of aliphatic hydroxyl groups is 1. The molecule has 0 amide bonds. The third-order valence-electron chi connectivity index (χ3n) is 3.78. The largest absolute Gasteiger partial charge is 0.421 e. The molecule has 2 aromatic rings. The Hall–Kier alpha value is -2.22. The average molecular weight is 439 g/mol. The lowest BCUT2D eigenvalue weighted by atomic mass is 9.95. The Bertz CT molecular complexity index is 941. The van der Waals surface area contributed by atoms with E-state index >= 15 is 0 Å². The maximum Gasteiger partial charge on any atom is 0.421 e. The SMILES string of the molecule is CC(O)(c1ccc(NCCNS(=O)(=O)c2cc([N+](=O)[O-])cs2)cc1)C(F)(F)F. The van der Waals surface area contributed by atoms with Gasteiger partial charge in [-0.25, -0.2) is 13.1 Å². The number of hydrogen-bond donors (Lipinski definition) is 3. The van der Waals surface area contributed by atoms with Crippen molar-refractivity contribution in [1.29, 1.82) is 0 Å². The summed E-state index contributed by atoms with van der Waals surface area (Å²) in [7, 11) is -3.90. The second-order valence-electron chi connectivity index (χ2n) is 5.85. The van der Waals surface area contributed by atoms with Crippen LogP contribution >= 0.6 is 11.3 Å². The lowest BCUT2D eigenvalue weighted by Crippen LogP contribution is -2.39. The molecule has 0 saturated heterocycles. The van der Waals surface area contributed by atoms with Gasteiger partial charge in [-0.2, -0.15) is 13.2 Å². The quantitative estimate of drug-likeness (QED) is 0.330. The lowest BCUT2D eigenvalue weighted by molar-refractivity contribution is -0.384. The maximum absolute atomic E-state index is 12.8. The van der Waals surface area contributed by atoms with Crippen LogP contribution in [0.3, 0.4) is 0 Å². The number of nitrogens with zero attached hydrogens (tertiary/aromatic N) is 1. The van der Waals surface area contributed by atoms with Crippen molar-refractivity contribution in [2.75, 3.05) is 18.4 Å². The van der Waals surface area contributed by atoms with Crippen molar-refractivity contribution in [1.82, 2.24) is 4.72 Å². The highest BCUT2D eigenvalue weighted by Gasteiger charge is 2.51. The van der Waals surface area contributed by atoms with E-state index in [9.17, 15) is 36.8 Å². The number of anilines is 1. The second kappa shape index (κ2) is 8.03. The van der Waals surface area contributed by atoms with E-state index in [1.165, 1.54) is 12.1 Å². The number of alkyl halides is 3. The van der Waals surface area contributed by atoms with Crippen LogP contribution < -0.4 is 10.0 Å². The van der Waals surface area contributed by atoms with Gasteiger partial charge in [0.2, 0.25) is 10.0 Å². The lowest BCUT2D eigenvalue weighted by Gasteiger charge is -2.26. The van der Waals surface area contributed by atoms with Gasteiger partial charge in [-0.15, -0.1) is 11.3 Å². The molecule has 0 aliphatic rings. The Balaban J connectivity index is 1.90. The number of benzene rings is 1. The molecule has 3 N–H and O–H groups in total. The minimum atomic E-state index is -4.82. The van der Waals surface area contributed by atoms with Crippen LogP contribution in [-0.4, -0.2) is 37.7 Å². The van der Waals surface area contributed by atoms with Crippen LogP contribution in [0.15, 0.2) is 39.9 Å². The Morgan fingerprint density at radius 3 is 2.32 bits per heavy atom. The molecule has 0 saturated carbocycles. The molecule has 154 valence electrons. The summed E-state index contributed by atoms with van der Waals surface area (Å²) in [5.41, 5.74) is -3.21. The van der Waals surface area contributed by atoms with Crippen LogP contribution in [0, 0.1) is 10.1 Å². The molecule has 1 atom stereocenters. The molecule has 0 bridgehead atoms. The molecule has 1 unspecified atom stereocenters. The standard InChI is InChI=1S/C15H16F3N3O5S2/c1-14(22,15(16,17)18)10-2-4-11(5-3-10)19-6-7-20-28(25,26)13-8-12(9-27-13)21(23)24/h2-5,8-9,19-20,22H,6-7H2,1H3. The van der Waals surface area contributed by atoms with Gasteiger partial charge in [0, 0.05) is 24.8 Å². The van der Waals surface area contributed by atoms with Gasteiger partial charge in [-0.3, -0.25) is 10.1 Å². The van der Waals surface area contributed by atoms with E-state index in [-0.39, 0.29) is 28.5 Å². The summed E-state index contributed by atoms with van der Waals surface area (Å²) < 4.78 is 64.5. The van der Waals surface area contributed by atoms with Crippen LogP contribution in [-0.2, 0) is 15.6 Å². The molecular formula is C15H16F3N3O5S2. The molecule has 13 heteroatoms. The molecule has 1 aromatic heterocycles. The third-order valence-corrected chi connectivity index (χ3v) is 6.67. The van der Waals surface area contributed by atoms with E-state index in [0.29, 0.717) is 23.9 Å². The van der Waals surface area contributed by atoms with Crippen molar-refractivity contribution < 1.29 is 31.6 Å². The van der Waals surface area contributed by atoms with Crippen molar-refractivity contribution in [3.8, 4) is 0 Å². The number of thiophene rings is 1. The third kappa shape index (κ3) is 4.98. The summed E-state index contributed by atoms with van der Waals surface area (Å²) in [5.74, 6) is 0. The molecule has 2 rings (SSSR count). The molecule has 0 fully saturated rings. The van der Waals surface area contributed by atoms with Gasteiger partial charge in [-0.1, -0.05) is 12.1 Å². The molecule has 0 spiro atoms. The zero-order valence-corrected chi connectivity index (χ0v) is 16.0. The number of nitrogens with one attached hydrogen (secondary N) is 2. The summed E-state index contributed by atoms with van der Waals surface area (Å²) in [6.45, 7) is 0.705. The van der Waals surface area contributed by atoms with Crippen molar-refractivity contribution >= 4 is 32.7 Å². The zero-order chi connectivity index (χ0) is 21.2. The molecule has 0 aliphatic heterocycles. The van der Waals surface area contributed by atoms with Gasteiger partial charge in [0.25, 0.3) is 5.69 Å². The Morgan fingerprint density at radius 2 is 1.82 bits per heavy atom. The zero-order valence-electron chi connectivity index (χ0n) is 14.4. The first-order valence-electron chi connectivity index (χ1n) is 7.71. The number of nitro groups is 1. The average Bonchev–Trinajstić information content (AvgIpc) is 3.09. The van der Waals surface area contributed by atoms with Gasteiger partial charge in [0.15, 0.2) is 5.60 Å². The van der Waals surface area contributed by atoms with Crippen LogP contribution in [0.1, 0.15) is 12.5 Å². The van der Waals surface area contributed by atoms with Gasteiger partial charge >= 0.3 is 6.18 Å². The van der Waals surface area contributed by atoms with E-state index in [1.54, 1.807) is 0 Å². The predicted molar refractivity (Wildman–Crippen MR) is 96.7 cm³/mol. The highest BCUT2D eigenvalue weighted by atomic mass is 32.2. The summed E-state index contributed by atoms with van der Waals surface area (Å²) in [4.78, 5) is 9.91. The highest BCUT2D eigenvalue weighted by molar-refractivity contribution is 7.91. The second-order valence-corrected chi connectivity index (χ2v) is 8.76. The van der Waals surface area contributed by atoms with Gasteiger partial charge in [0.1, 0.15) is 4.21 Å². The fourth-order valence-corrected chi connectivity index (χ4v) is 4.28. The fourth-order valence-electron chi connectivity index (χ4n) is 2.08. The van der Waals surface area contributed by atoms with Gasteiger partial charge < -0.3 is 10.4 Å². The maximum atomic E-state index is 12.8. The monoisotopic (exact) mass is 439 g/mol. The first-order valence-corrected chi connectivity index (χ1v) is 10.1. The molecule has 28 heavy (non-hydrogen) atoms. The van der Waals surface area contributed by atoms with Crippen molar-refractivity contribution in [2.45, 2.75) is 22.9 Å². The van der Waals surface area contributed by atoms with Crippen LogP contribution in [0.2, 0.25) is 0 Å². The highest BCUT2D eigenvalue weighted by Crippen LogP contribution is 2.38.